The second kappa shape index (κ2) is 9.47. The van der Waals surface area contributed by atoms with Gasteiger partial charge in [-0.2, -0.15) is 9.78 Å². The summed E-state index contributed by atoms with van der Waals surface area (Å²) in [6.45, 7) is 2.59. The fourth-order valence-electron chi connectivity index (χ4n) is 5.19. The smallest absolute Gasteiger partial charge is 0.282 e. The number of benzene rings is 4. The highest BCUT2D eigenvalue weighted by atomic mass is 19.1. The fraction of sp³-hybridized carbons (Fsp3) is 0.0606. The van der Waals surface area contributed by atoms with Crippen molar-refractivity contribution in [3.63, 3.8) is 0 Å². The zero-order valence-electron chi connectivity index (χ0n) is 21.6. The predicted octanol–water partition coefficient (Wildman–Crippen LogP) is 7.14. The predicted molar refractivity (Wildman–Crippen MR) is 156 cm³/mol. The number of rotatable bonds is 5. The topological polar surface area (TPSA) is 65.3 Å². The van der Waals surface area contributed by atoms with E-state index >= 15 is 0 Å². The molecule has 0 N–H and O–H groups in total. The Kier molecular flexibility index (Phi) is 5.63. The Morgan fingerprint density at radius 3 is 2.45 bits per heavy atom. The summed E-state index contributed by atoms with van der Waals surface area (Å²) in [5, 5.41) is 7.09. The van der Waals surface area contributed by atoms with E-state index in [2.05, 4.69) is 4.57 Å². The maximum atomic E-state index is 13.7. The van der Waals surface area contributed by atoms with Crippen molar-refractivity contribution < 1.29 is 8.81 Å². The summed E-state index contributed by atoms with van der Waals surface area (Å²) in [4.78, 5) is 18.5. The van der Waals surface area contributed by atoms with E-state index in [1.165, 1.54) is 16.8 Å². The summed E-state index contributed by atoms with van der Waals surface area (Å²) in [5.74, 6) is 0.515. The molecule has 7 aromatic rings. The number of aromatic nitrogens is 3. The third kappa shape index (κ3) is 3.99. The number of furan rings is 1. The van der Waals surface area contributed by atoms with Gasteiger partial charge in [0.2, 0.25) is 5.82 Å². The van der Waals surface area contributed by atoms with E-state index in [0.717, 1.165) is 33.1 Å². The van der Waals surface area contributed by atoms with Crippen molar-refractivity contribution in [3.05, 3.63) is 136 Å². The lowest BCUT2D eigenvalue weighted by atomic mass is 10.1. The minimum Gasteiger partial charge on any atom is -0.453 e. The third-order valence-corrected chi connectivity index (χ3v) is 7.24. The van der Waals surface area contributed by atoms with Crippen LogP contribution < -0.4 is 5.56 Å². The highest BCUT2D eigenvalue weighted by Gasteiger charge is 2.18. The van der Waals surface area contributed by atoms with Gasteiger partial charge in [-0.05, 0) is 55.0 Å². The van der Waals surface area contributed by atoms with Crippen molar-refractivity contribution in [2.45, 2.75) is 13.5 Å². The van der Waals surface area contributed by atoms with Crippen LogP contribution in [-0.2, 0) is 6.54 Å². The molecule has 0 amide bonds. The second-order valence-electron chi connectivity index (χ2n) is 9.69. The monoisotopic (exact) mass is 526 g/mol. The van der Waals surface area contributed by atoms with Crippen LogP contribution in [0.25, 0.3) is 44.4 Å². The van der Waals surface area contributed by atoms with Crippen molar-refractivity contribution in [2.24, 2.45) is 5.10 Å². The summed E-state index contributed by atoms with van der Waals surface area (Å²) in [6.07, 6.45) is 1.71. The molecule has 0 saturated carbocycles. The Hall–Kier alpha value is -5.30. The van der Waals surface area contributed by atoms with Crippen LogP contribution in [0.5, 0.6) is 0 Å². The SMILES string of the molecule is Cc1c(C=Nn2c(-c3cc4ccccc4o3)nc3ccccc3c2=O)c2ccccc2n1Cc1ccc(F)cc1. The standard InChI is InChI=1S/C33H23FN4O2/c1-21-27(25-9-4-6-12-29(25)37(21)20-22-14-16-24(34)17-15-22)19-35-38-32(31-18-23-8-2-7-13-30(23)40-31)36-28-11-5-3-10-26(28)33(38)39/h2-19H,20H2,1H3. The van der Waals surface area contributed by atoms with Gasteiger partial charge in [-0.15, -0.1) is 0 Å². The Morgan fingerprint density at radius 1 is 0.900 bits per heavy atom. The van der Waals surface area contributed by atoms with Crippen LogP contribution in [0.3, 0.4) is 0 Å². The minimum absolute atomic E-state index is 0.264. The largest absolute Gasteiger partial charge is 0.453 e. The van der Waals surface area contributed by atoms with E-state index in [0.29, 0.717) is 34.6 Å². The molecule has 194 valence electrons. The van der Waals surface area contributed by atoms with Crippen LogP contribution in [0.2, 0.25) is 0 Å². The van der Waals surface area contributed by atoms with E-state index in [-0.39, 0.29) is 11.4 Å². The van der Waals surface area contributed by atoms with E-state index in [1.54, 1.807) is 24.4 Å². The Bertz CT molecular complexity index is 2100. The summed E-state index contributed by atoms with van der Waals surface area (Å²) in [6, 6.07) is 31.3. The first-order chi connectivity index (χ1) is 19.6. The van der Waals surface area contributed by atoms with Crippen LogP contribution in [0, 0.1) is 12.7 Å². The van der Waals surface area contributed by atoms with E-state index in [4.69, 9.17) is 14.5 Å². The molecular formula is C33H23FN4O2. The first kappa shape index (κ1) is 23.8. The van der Waals surface area contributed by atoms with Crippen molar-refractivity contribution in [3.8, 4) is 11.6 Å². The lowest BCUT2D eigenvalue weighted by Crippen LogP contribution is -2.20. The van der Waals surface area contributed by atoms with Gasteiger partial charge in [-0.1, -0.05) is 60.7 Å². The highest BCUT2D eigenvalue weighted by molar-refractivity contribution is 6.01. The summed E-state index contributed by atoms with van der Waals surface area (Å²) in [5.41, 5.74) is 4.85. The van der Waals surface area contributed by atoms with E-state index in [9.17, 15) is 9.18 Å². The van der Waals surface area contributed by atoms with Gasteiger partial charge in [0, 0.05) is 34.1 Å². The maximum Gasteiger partial charge on any atom is 0.282 e. The molecule has 3 heterocycles. The van der Waals surface area contributed by atoms with E-state index in [1.807, 2.05) is 79.7 Å². The number of nitrogens with zero attached hydrogens (tertiary/aromatic N) is 4. The molecule has 6 nitrogen and oxygen atoms in total. The molecule has 0 bridgehead atoms. The molecule has 7 heteroatoms. The Morgan fingerprint density at radius 2 is 1.62 bits per heavy atom. The summed E-state index contributed by atoms with van der Waals surface area (Å²) < 4.78 is 23.1. The summed E-state index contributed by atoms with van der Waals surface area (Å²) in [7, 11) is 0. The van der Waals surface area contributed by atoms with Crippen LogP contribution in [0.4, 0.5) is 4.39 Å². The normalized spacial score (nSPS) is 11.8. The van der Waals surface area contributed by atoms with Crippen LogP contribution in [-0.4, -0.2) is 20.4 Å². The van der Waals surface area contributed by atoms with Gasteiger partial charge in [0.15, 0.2) is 5.76 Å². The number of halogens is 1. The van der Waals surface area contributed by atoms with Gasteiger partial charge in [-0.25, -0.2) is 9.37 Å². The number of para-hydroxylation sites is 3. The first-order valence-electron chi connectivity index (χ1n) is 12.9. The van der Waals surface area contributed by atoms with Crippen LogP contribution in [0.15, 0.2) is 117 Å². The van der Waals surface area contributed by atoms with Gasteiger partial charge < -0.3 is 8.98 Å². The zero-order chi connectivity index (χ0) is 27.2. The van der Waals surface area contributed by atoms with Gasteiger partial charge in [0.05, 0.1) is 17.1 Å². The highest BCUT2D eigenvalue weighted by Crippen LogP contribution is 2.28. The van der Waals surface area contributed by atoms with Crippen LogP contribution >= 0.6 is 0 Å². The first-order valence-corrected chi connectivity index (χ1v) is 12.9. The van der Waals surface area contributed by atoms with Crippen molar-refractivity contribution in [2.75, 3.05) is 0 Å². The second-order valence-corrected chi connectivity index (χ2v) is 9.69. The number of fused-ring (bicyclic) bond motifs is 3. The molecule has 0 unspecified atom stereocenters. The fourth-order valence-corrected chi connectivity index (χ4v) is 5.19. The molecular weight excluding hydrogens is 503 g/mol. The molecule has 0 fully saturated rings. The molecule has 7 rings (SSSR count). The number of hydrogen-bond acceptors (Lipinski definition) is 4. The molecule has 4 aromatic carbocycles. The lowest BCUT2D eigenvalue weighted by Gasteiger charge is -2.09. The van der Waals surface area contributed by atoms with Crippen molar-refractivity contribution in [1.29, 1.82) is 0 Å². The summed E-state index contributed by atoms with van der Waals surface area (Å²) >= 11 is 0. The third-order valence-electron chi connectivity index (χ3n) is 7.24. The molecule has 0 atom stereocenters. The van der Waals surface area contributed by atoms with Crippen molar-refractivity contribution >= 4 is 39.0 Å². The van der Waals surface area contributed by atoms with Gasteiger partial charge in [0.25, 0.3) is 5.56 Å². The molecule has 3 aromatic heterocycles. The molecule has 0 aliphatic carbocycles. The van der Waals surface area contributed by atoms with Crippen LogP contribution in [0.1, 0.15) is 16.8 Å². The maximum absolute atomic E-state index is 13.7. The molecule has 0 radical (unpaired) electrons. The van der Waals surface area contributed by atoms with Gasteiger partial charge >= 0.3 is 0 Å². The number of hydrogen-bond donors (Lipinski definition) is 0. The molecule has 0 aliphatic heterocycles. The van der Waals surface area contributed by atoms with Gasteiger partial charge in [-0.3, -0.25) is 4.79 Å². The minimum atomic E-state index is -0.287. The molecule has 40 heavy (non-hydrogen) atoms. The Labute approximate surface area is 228 Å². The lowest BCUT2D eigenvalue weighted by molar-refractivity contribution is 0.616. The molecule has 0 saturated heterocycles. The Balaban J connectivity index is 1.40. The zero-order valence-corrected chi connectivity index (χ0v) is 21.6. The van der Waals surface area contributed by atoms with Gasteiger partial charge in [0.1, 0.15) is 11.4 Å². The average molecular weight is 527 g/mol. The molecule has 0 aliphatic rings. The average Bonchev–Trinajstić information content (AvgIpc) is 3.53. The van der Waals surface area contributed by atoms with E-state index < -0.39 is 0 Å². The molecule has 0 spiro atoms. The quantitative estimate of drug-likeness (QED) is 0.224. The van der Waals surface area contributed by atoms with Crippen molar-refractivity contribution in [1.82, 2.24) is 14.2 Å².